The fraction of sp³-hybridized carbons (Fsp3) is 0.417. The average Bonchev–Trinajstić information content (AvgIpc) is 2.42. The maximum Gasteiger partial charge on any atom is 0.304 e. The lowest BCUT2D eigenvalue weighted by molar-refractivity contribution is -0.137. The van der Waals surface area contributed by atoms with E-state index in [9.17, 15) is 13.2 Å². The van der Waals surface area contributed by atoms with Gasteiger partial charge in [-0.2, -0.15) is 17.4 Å². The van der Waals surface area contributed by atoms with E-state index < -0.39 is 16.2 Å². The third-order valence-corrected chi connectivity index (χ3v) is 4.64. The molecule has 0 aromatic heterocycles. The Morgan fingerprint density at radius 1 is 1.48 bits per heavy atom. The molecule has 0 aliphatic heterocycles. The minimum absolute atomic E-state index is 0.0530. The predicted molar refractivity (Wildman–Crippen MR) is 78.6 cm³/mol. The topological polar surface area (TPSA) is 95.9 Å². The average molecular weight is 337 g/mol. The van der Waals surface area contributed by atoms with Crippen LogP contribution in [0.25, 0.3) is 0 Å². The summed E-state index contributed by atoms with van der Waals surface area (Å²) in [5.41, 5.74) is 0.511. The third kappa shape index (κ3) is 5.16. The zero-order valence-corrected chi connectivity index (χ0v) is 13.2. The molecule has 1 rings (SSSR count). The lowest BCUT2D eigenvalue weighted by Gasteiger charge is -2.18. The van der Waals surface area contributed by atoms with Crippen LogP contribution >= 0.6 is 11.6 Å². The second-order valence-electron chi connectivity index (χ2n) is 4.21. The van der Waals surface area contributed by atoms with E-state index in [1.807, 2.05) is 0 Å². The number of carbonyl (C=O) groups is 1. The van der Waals surface area contributed by atoms with Gasteiger partial charge in [0.2, 0.25) is 0 Å². The fourth-order valence-corrected chi connectivity index (χ4v) is 2.66. The van der Waals surface area contributed by atoms with E-state index in [0.717, 1.165) is 4.31 Å². The van der Waals surface area contributed by atoms with Crippen molar-refractivity contribution in [2.45, 2.75) is 13.0 Å². The molecule has 0 spiro atoms. The Balaban J connectivity index is 2.76. The molecule has 0 saturated heterocycles. The first-order valence-electron chi connectivity index (χ1n) is 6.02. The molecule has 0 aliphatic carbocycles. The van der Waals surface area contributed by atoms with Gasteiger partial charge in [-0.05, 0) is 12.1 Å². The Morgan fingerprint density at radius 3 is 2.71 bits per heavy atom. The molecule has 0 bridgehead atoms. The van der Waals surface area contributed by atoms with Crippen LogP contribution in [0, 0.1) is 0 Å². The van der Waals surface area contributed by atoms with E-state index in [2.05, 4.69) is 4.72 Å². The number of nitrogens with zero attached hydrogens (tertiary/aromatic N) is 1. The second kappa shape index (κ2) is 7.60. The Kier molecular flexibility index (Phi) is 6.41. The molecule has 0 radical (unpaired) electrons. The zero-order chi connectivity index (χ0) is 16.0. The summed E-state index contributed by atoms with van der Waals surface area (Å²) < 4.78 is 32.3. The maximum absolute atomic E-state index is 12.0. The van der Waals surface area contributed by atoms with Crippen LogP contribution in [0.3, 0.4) is 0 Å². The summed E-state index contributed by atoms with van der Waals surface area (Å²) in [6, 6.07) is 4.99. The molecule has 0 heterocycles. The number of ether oxygens (including phenoxy) is 1. The predicted octanol–water partition coefficient (Wildman–Crippen LogP) is 1.09. The van der Waals surface area contributed by atoms with Crippen LogP contribution in [-0.4, -0.2) is 44.5 Å². The number of benzene rings is 1. The van der Waals surface area contributed by atoms with Crippen LogP contribution in [-0.2, 0) is 21.5 Å². The van der Waals surface area contributed by atoms with Crippen molar-refractivity contribution in [1.29, 1.82) is 0 Å². The summed E-state index contributed by atoms with van der Waals surface area (Å²) >= 11 is 6.01. The standard InChI is InChI=1S/C12H17ClN2O5S/c1-15(7-6-12(16)17)21(18,19)14-8-9-10(13)4-3-5-11(9)20-2/h3-5,14H,6-8H2,1-2H3,(H,16,17). The number of aliphatic carboxylic acids is 1. The monoisotopic (exact) mass is 336 g/mol. The first-order chi connectivity index (χ1) is 9.77. The van der Waals surface area contributed by atoms with Crippen LogP contribution in [0.5, 0.6) is 5.75 Å². The molecule has 1 aromatic rings. The summed E-state index contributed by atoms with van der Waals surface area (Å²) in [5, 5.41) is 8.94. The van der Waals surface area contributed by atoms with Crippen LogP contribution in [0.1, 0.15) is 12.0 Å². The first kappa shape index (κ1) is 17.7. The lowest BCUT2D eigenvalue weighted by atomic mass is 10.2. The SMILES string of the molecule is COc1cccc(Cl)c1CNS(=O)(=O)N(C)CCC(=O)O. The highest BCUT2D eigenvalue weighted by Crippen LogP contribution is 2.26. The highest BCUT2D eigenvalue weighted by molar-refractivity contribution is 7.87. The second-order valence-corrected chi connectivity index (χ2v) is 6.48. The van der Waals surface area contributed by atoms with Crippen molar-refractivity contribution in [2.24, 2.45) is 0 Å². The molecular weight excluding hydrogens is 320 g/mol. The Bertz CT molecular complexity index is 606. The van der Waals surface area contributed by atoms with Crippen molar-refractivity contribution in [2.75, 3.05) is 20.7 Å². The number of nitrogens with one attached hydrogen (secondary N) is 1. The zero-order valence-electron chi connectivity index (χ0n) is 11.7. The van der Waals surface area contributed by atoms with Gasteiger partial charge in [0.25, 0.3) is 10.2 Å². The number of methoxy groups -OCH3 is 1. The molecule has 1 aromatic carbocycles. The van der Waals surface area contributed by atoms with E-state index in [0.29, 0.717) is 16.3 Å². The van der Waals surface area contributed by atoms with Crippen molar-refractivity contribution in [3.05, 3.63) is 28.8 Å². The number of carboxylic acids is 1. The minimum atomic E-state index is -3.79. The van der Waals surface area contributed by atoms with Crippen molar-refractivity contribution in [3.8, 4) is 5.75 Å². The molecular formula is C12H17ClN2O5S. The summed E-state index contributed by atoms with van der Waals surface area (Å²) in [6.45, 7) is -0.174. The quantitative estimate of drug-likeness (QED) is 0.740. The highest BCUT2D eigenvalue weighted by Gasteiger charge is 2.19. The van der Waals surface area contributed by atoms with Gasteiger partial charge in [-0.1, -0.05) is 17.7 Å². The van der Waals surface area contributed by atoms with E-state index >= 15 is 0 Å². The van der Waals surface area contributed by atoms with Crippen molar-refractivity contribution in [3.63, 3.8) is 0 Å². The number of hydrogen-bond donors (Lipinski definition) is 2. The highest BCUT2D eigenvalue weighted by atomic mass is 35.5. The third-order valence-electron chi connectivity index (χ3n) is 2.78. The van der Waals surface area contributed by atoms with Gasteiger partial charge >= 0.3 is 5.97 Å². The Hall–Kier alpha value is -1.35. The number of halogens is 1. The van der Waals surface area contributed by atoms with Gasteiger partial charge in [0.1, 0.15) is 5.75 Å². The maximum atomic E-state index is 12.0. The van der Waals surface area contributed by atoms with Gasteiger partial charge < -0.3 is 9.84 Å². The fourth-order valence-electron chi connectivity index (χ4n) is 1.55. The largest absolute Gasteiger partial charge is 0.496 e. The molecule has 0 aliphatic rings. The number of hydrogen-bond acceptors (Lipinski definition) is 4. The summed E-state index contributed by atoms with van der Waals surface area (Å²) in [5.74, 6) is -0.594. The van der Waals surface area contributed by atoms with Crippen LogP contribution in [0.2, 0.25) is 5.02 Å². The van der Waals surface area contributed by atoms with Crippen LogP contribution in [0.15, 0.2) is 18.2 Å². The molecule has 0 fully saturated rings. The molecule has 0 unspecified atom stereocenters. The smallest absolute Gasteiger partial charge is 0.304 e. The minimum Gasteiger partial charge on any atom is -0.496 e. The summed E-state index contributed by atoms with van der Waals surface area (Å²) in [7, 11) is -1.03. The molecule has 9 heteroatoms. The molecule has 7 nitrogen and oxygen atoms in total. The van der Waals surface area contributed by atoms with Gasteiger partial charge in [-0.15, -0.1) is 0 Å². The van der Waals surface area contributed by atoms with Crippen LogP contribution < -0.4 is 9.46 Å². The van der Waals surface area contributed by atoms with E-state index in [1.54, 1.807) is 18.2 Å². The van der Waals surface area contributed by atoms with E-state index in [-0.39, 0.29) is 19.5 Å². The molecule has 2 N–H and O–H groups in total. The van der Waals surface area contributed by atoms with Crippen molar-refractivity contribution >= 4 is 27.8 Å². The van der Waals surface area contributed by atoms with Crippen molar-refractivity contribution in [1.82, 2.24) is 9.03 Å². The molecule has 0 saturated carbocycles. The summed E-state index contributed by atoms with van der Waals surface area (Å²) in [4.78, 5) is 10.5. The van der Waals surface area contributed by atoms with Gasteiger partial charge in [0.15, 0.2) is 0 Å². The van der Waals surface area contributed by atoms with Gasteiger partial charge in [-0.25, -0.2) is 0 Å². The van der Waals surface area contributed by atoms with Gasteiger partial charge in [0.05, 0.1) is 13.5 Å². The number of carboxylic acid groups (broad SMARTS) is 1. The van der Waals surface area contributed by atoms with E-state index in [1.165, 1.54) is 14.2 Å². The Labute approximate surface area is 128 Å². The first-order valence-corrected chi connectivity index (χ1v) is 7.84. The van der Waals surface area contributed by atoms with Gasteiger partial charge in [-0.3, -0.25) is 4.79 Å². The van der Waals surface area contributed by atoms with Gasteiger partial charge in [0, 0.05) is 30.7 Å². The molecule has 21 heavy (non-hydrogen) atoms. The summed E-state index contributed by atoms with van der Waals surface area (Å²) in [6.07, 6.45) is -0.271. The molecule has 0 atom stereocenters. The normalized spacial score (nSPS) is 11.6. The molecule has 0 amide bonds. The number of rotatable bonds is 8. The van der Waals surface area contributed by atoms with Crippen LogP contribution in [0.4, 0.5) is 0 Å². The molecule has 118 valence electrons. The van der Waals surface area contributed by atoms with Crippen molar-refractivity contribution < 1.29 is 23.1 Å². The lowest BCUT2D eigenvalue weighted by Crippen LogP contribution is -2.39. The Morgan fingerprint density at radius 2 is 2.14 bits per heavy atom. The van der Waals surface area contributed by atoms with E-state index in [4.69, 9.17) is 21.4 Å².